The van der Waals surface area contributed by atoms with Crippen LogP contribution < -0.4 is 5.73 Å². The van der Waals surface area contributed by atoms with Gasteiger partial charge in [0.1, 0.15) is 12.2 Å². The minimum Gasteiger partial charge on any atom is -0.394 e. The van der Waals surface area contributed by atoms with Crippen molar-refractivity contribution < 1.29 is 25.2 Å². The minimum atomic E-state index is -1.85. The first-order chi connectivity index (χ1) is 5.00. The van der Waals surface area contributed by atoms with Crippen molar-refractivity contribution in [1.29, 1.82) is 0 Å². The topological polar surface area (TPSA) is 124 Å². The second-order valence-electron chi connectivity index (χ2n) is 2.09. The van der Waals surface area contributed by atoms with Gasteiger partial charge in [0.25, 0.3) is 0 Å². The van der Waals surface area contributed by atoms with Crippen LogP contribution in [-0.2, 0) is 4.79 Å². The quantitative estimate of drug-likeness (QED) is 0.296. The molecule has 0 saturated heterocycles. The molecule has 11 heavy (non-hydrogen) atoms. The summed E-state index contributed by atoms with van der Waals surface area (Å²) in [5.41, 5.74) is 4.59. The zero-order valence-electron chi connectivity index (χ0n) is 5.71. The smallest absolute Gasteiger partial charge is 0.249 e. The molecule has 0 aliphatic carbocycles. The summed E-state index contributed by atoms with van der Waals surface area (Å²) in [5, 5.41) is 34.4. The van der Waals surface area contributed by atoms with Crippen LogP contribution >= 0.6 is 0 Å². The highest BCUT2D eigenvalue weighted by molar-refractivity contribution is 5.79. The van der Waals surface area contributed by atoms with Crippen LogP contribution in [-0.4, -0.2) is 51.3 Å². The molecule has 0 aromatic heterocycles. The third-order valence-electron chi connectivity index (χ3n) is 1.20. The van der Waals surface area contributed by atoms with E-state index in [2.05, 4.69) is 5.73 Å². The summed E-state index contributed by atoms with van der Waals surface area (Å²) in [7, 11) is 0. The van der Waals surface area contributed by atoms with Gasteiger partial charge in [-0.25, -0.2) is 0 Å². The average Bonchev–Trinajstić information content (AvgIpc) is 2.00. The molecule has 6 N–H and O–H groups in total. The van der Waals surface area contributed by atoms with E-state index in [9.17, 15) is 4.79 Å². The van der Waals surface area contributed by atoms with Crippen LogP contribution in [0.25, 0.3) is 0 Å². The lowest BCUT2D eigenvalue weighted by Crippen LogP contribution is -2.46. The van der Waals surface area contributed by atoms with Crippen molar-refractivity contribution in [2.45, 2.75) is 18.3 Å². The fourth-order valence-corrected chi connectivity index (χ4v) is 0.487. The lowest BCUT2D eigenvalue weighted by Gasteiger charge is -2.18. The Balaban J connectivity index is 4.00. The minimum absolute atomic E-state index is 0.745. The highest BCUT2D eigenvalue weighted by Gasteiger charge is 2.27. The van der Waals surface area contributed by atoms with Gasteiger partial charge in [-0.3, -0.25) is 4.79 Å². The summed E-state index contributed by atoms with van der Waals surface area (Å²) in [5.74, 6) is -1.15. The maximum Gasteiger partial charge on any atom is 0.249 e. The molecule has 6 nitrogen and oxygen atoms in total. The molecule has 0 bridgehead atoms. The van der Waals surface area contributed by atoms with Crippen molar-refractivity contribution >= 4 is 5.91 Å². The molecule has 0 fully saturated rings. The van der Waals surface area contributed by atoms with Gasteiger partial charge in [0.05, 0.1) is 6.61 Å². The largest absolute Gasteiger partial charge is 0.394 e. The predicted octanol–water partition coefficient (Wildman–Crippen LogP) is -3.45. The molecule has 66 valence electrons. The SMILES string of the molecule is NC(=O)[C@@H](O)[C@H](O)[C@H](O)CO. The third kappa shape index (κ3) is 2.81. The van der Waals surface area contributed by atoms with Crippen molar-refractivity contribution in [1.82, 2.24) is 0 Å². The summed E-state index contributed by atoms with van der Waals surface area (Å²) in [6.45, 7) is -0.745. The van der Waals surface area contributed by atoms with Gasteiger partial charge in [-0.05, 0) is 0 Å². The molecule has 0 radical (unpaired) electrons. The number of carbonyl (C=O) groups is 1. The van der Waals surface area contributed by atoms with E-state index in [1.165, 1.54) is 0 Å². The molecule has 0 aliphatic heterocycles. The van der Waals surface area contributed by atoms with Crippen LogP contribution in [0, 0.1) is 0 Å². The van der Waals surface area contributed by atoms with Crippen molar-refractivity contribution in [2.75, 3.05) is 6.61 Å². The maximum atomic E-state index is 10.2. The number of hydrogen-bond acceptors (Lipinski definition) is 5. The fraction of sp³-hybridized carbons (Fsp3) is 0.800. The standard InChI is InChI=1S/C5H11NO5/c6-5(11)4(10)3(9)2(8)1-7/h2-4,7-10H,1H2,(H2,6,11)/t2-,3-,4+/m1/s1. The van der Waals surface area contributed by atoms with E-state index in [-0.39, 0.29) is 0 Å². The van der Waals surface area contributed by atoms with Crippen LogP contribution in [0.2, 0.25) is 0 Å². The van der Waals surface area contributed by atoms with Gasteiger partial charge < -0.3 is 26.2 Å². The molecule has 3 atom stereocenters. The summed E-state index contributed by atoms with van der Waals surface area (Å²) in [4.78, 5) is 10.2. The molecule has 0 unspecified atom stereocenters. The molecule has 0 saturated carbocycles. The highest BCUT2D eigenvalue weighted by Crippen LogP contribution is 1.98. The molecular weight excluding hydrogens is 154 g/mol. The Labute approximate surface area is 62.9 Å². The second kappa shape index (κ2) is 4.24. The Morgan fingerprint density at radius 3 is 2.09 bits per heavy atom. The van der Waals surface area contributed by atoms with Gasteiger partial charge in [-0.15, -0.1) is 0 Å². The van der Waals surface area contributed by atoms with Gasteiger partial charge in [0, 0.05) is 0 Å². The van der Waals surface area contributed by atoms with Crippen molar-refractivity contribution in [3.05, 3.63) is 0 Å². The van der Waals surface area contributed by atoms with Crippen molar-refractivity contribution in [3.8, 4) is 0 Å². The molecule has 6 heteroatoms. The molecular formula is C5H11NO5. The first kappa shape index (κ1) is 10.3. The Morgan fingerprint density at radius 1 is 1.36 bits per heavy atom. The zero-order chi connectivity index (χ0) is 9.02. The lowest BCUT2D eigenvalue weighted by atomic mass is 10.1. The van der Waals surface area contributed by atoms with E-state index < -0.39 is 30.8 Å². The van der Waals surface area contributed by atoms with Crippen LogP contribution in [0.1, 0.15) is 0 Å². The van der Waals surface area contributed by atoms with Gasteiger partial charge in [0.15, 0.2) is 6.10 Å². The Kier molecular flexibility index (Phi) is 3.98. The molecule has 0 aliphatic rings. The predicted molar refractivity (Wildman–Crippen MR) is 34.3 cm³/mol. The summed E-state index contributed by atoms with van der Waals surface area (Å²) < 4.78 is 0. The third-order valence-corrected chi connectivity index (χ3v) is 1.20. The molecule has 0 spiro atoms. The van der Waals surface area contributed by atoms with E-state index in [1.54, 1.807) is 0 Å². The number of amides is 1. The van der Waals surface area contributed by atoms with Gasteiger partial charge in [-0.1, -0.05) is 0 Å². The van der Waals surface area contributed by atoms with E-state index in [0.29, 0.717) is 0 Å². The molecule has 0 rings (SSSR count). The van der Waals surface area contributed by atoms with Gasteiger partial charge >= 0.3 is 0 Å². The Morgan fingerprint density at radius 2 is 1.82 bits per heavy atom. The maximum absolute atomic E-state index is 10.2. The van der Waals surface area contributed by atoms with Crippen molar-refractivity contribution in [2.24, 2.45) is 5.73 Å². The lowest BCUT2D eigenvalue weighted by molar-refractivity contribution is -0.139. The molecule has 0 aromatic carbocycles. The van der Waals surface area contributed by atoms with E-state index >= 15 is 0 Å². The second-order valence-corrected chi connectivity index (χ2v) is 2.09. The first-order valence-corrected chi connectivity index (χ1v) is 2.95. The average molecular weight is 165 g/mol. The van der Waals surface area contributed by atoms with Crippen LogP contribution in [0.3, 0.4) is 0 Å². The van der Waals surface area contributed by atoms with Crippen molar-refractivity contribution in [3.63, 3.8) is 0 Å². The van der Waals surface area contributed by atoms with Crippen LogP contribution in [0.4, 0.5) is 0 Å². The van der Waals surface area contributed by atoms with E-state index in [0.717, 1.165) is 0 Å². The number of hydrogen-bond donors (Lipinski definition) is 5. The molecule has 0 heterocycles. The molecule has 1 amide bonds. The van der Waals surface area contributed by atoms with Gasteiger partial charge in [-0.2, -0.15) is 0 Å². The van der Waals surface area contributed by atoms with Gasteiger partial charge in [0.2, 0.25) is 5.91 Å². The number of aliphatic hydroxyl groups is 4. The summed E-state index contributed by atoms with van der Waals surface area (Å²) in [6, 6.07) is 0. The number of aliphatic hydroxyl groups excluding tert-OH is 4. The summed E-state index contributed by atoms with van der Waals surface area (Å²) in [6.07, 6.45) is -5.15. The van der Waals surface area contributed by atoms with E-state index in [1.807, 2.05) is 0 Å². The number of carbonyl (C=O) groups excluding carboxylic acids is 1. The first-order valence-electron chi connectivity index (χ1n) is 2.95. The fourth-order valence-electron chi connectivity index (χ4n) is 0.487. The number of primary amides is 1. The zero-order valence-corrected chi connectivity index (χ0v) is 5.71. The molecule has 0 aromatic rings. The Bertz CT molecular complexity index is 139. The monoisotopic (exact) mass is 165 g/mol. The highest BCUT2D eigenvalue weighted by atomic mass is 16.4. The number of nitrogens with two attached hydrogens (primary N) is 1. The Hall–Kier alpha value is -0.690. The summed E-state index contributed by atoms with van der Waals surface area (Å²) >= 11 is 0. The van der Waals surface area contributed by atoms with Crippen LogP contribution in [0.5, 0.6) is 0 Å². The number of rotatable bonds is 4. The van der Waals surface area contributed by atoms with Crippen LogP contribution in [0.15, 0.2) is 0 Å². The normalized spacial score (nSPS) is 18.9. The van der Waals surface area contributed by atoms with E-state index in [4.69, 9.17) is 20.4 Å².